The Morgan fingerprint density at radius 3 is 2.39 bits per heavy atom. The second kappa shape index (κ2) is 8.88. The number of para-hydroxylation sites is 1. The summed E-state index contributed by atoms with van der Waals surface area (Å²) < 4.78 is 27.9. The minimum atomic E-state index is -3.60. The molecule has 0 spiro atoms. The quantitative estimate of drug-likeness (QED) is 0.810. The van der Waals surface area contributed by atoms with Gasteiger partial charge in [0.1, 0.15) is 0 Å². The molecule has 1 aliphatic rings. The van der Waals surface area contributed by atoms with Crippen molar-refractivity contribution in [3.63, 3.8) is 0 Å². The highest BCUT2D eigenvalue weighted by atomic mass is 32.2. The molecule has 0 atom stereocenters. The molecule has 1 fully saturated rings. The van der Waals surface area contributed by atoms with Gasteiger partial charge in [-0.25, -0.2) is 8.42 Å². The Labute approximate surface area is 167 Å². The number of hydrogen-bond donors (Lipinski definition) is 1. The maximum Gasteiger partial charge on any atom is 0.255 e. The second-order valence-electron chi connectivity index (χ2n) is 7.26. The van der Waals surface area contributed by atoms with Crippen LogP contribution in [0.25, 0.3) is 0 Å². The van der Waals surface area contributed by atoms with Gasteiger partial charge in [-0.2, -0.15) is 4.31 Å². The summed E-state index contributed by atoms with van der Waals surface area (Å²) in [4.78, 5) is 13.0. The highest BCUT2D eigenvalue weighted by Gasteiger charge is 2.27. The first-order valence-corrected chi connectivity index (χ1v) is 11.4. The van der Waals surface area contributed by atoms with Crippen LogP contribution in [0.15, 0.2) is 47.4 Å². The van der Waals surface area contributed by atoms with Gasteiger partial charge in [-0.05, 0) is 55.5 Å². The summed E-state index contributed by atoms with van der Waals surface area (Å²) in [7, 11) is -3.60. The van der Waals surface area contributed by atoms with E-state index >= 15 is 0 Å². The molecule has 28 heavy (non-hydrogen) atoms. The van der Waals surface area contributed by atoms with Crippen LogP contribution < -0.4 is 5.32 Å². The smallest absolute Gasteiger partial charge is 0.255 e. The van der Waals surface area contributed by atoms with E-state index in [1.807, 2.05) is 31.2 Å². The molecule has 0 unspecified atom stereocenters. The molecule has 2 aromatic rings. The van der Waals surface area contributed by atoms with E-state index in [2.05, 4.69) is 5.32 Å². The summed E-state index contributed by atoms with van der Waals surface area (Å²) in [6.07, 6.45) is 4.69. The lowest BCUT2D eigenvalue weighted by Gasteiger charge is -2.21. The number of nitrogens with one attached hydrogen (secondary N) is 1. The number of amides is 1. The largest absolute Gasteiger partial charge is 0.322 e. The van der Waals surface area contributed by atoms with Crippen molar-refractivity contribution in [2.45, 2.75) is 50.8 Å². The maximum absolute atomic E-state index is 13.2. The van der Waals surface area contributed by atoms with Crippen LogP contribution in [0, 0.1) is 6.92 Å². The van der Waals surface area contributed by atoms with Crippen molar-refractivity contribution >= 4 is 21.6 Å². The maximum atomic E-state index is 13.2. The number of anilines is 1. The number of carbonyl (C=O) groups excluding carboxylic acids is 1. The number of benzene rings is 2. The Kier molecular flexibility index (Phi) is 6.52. The zero-order valence-electron chi connectivity index (χ0n) is 16.6. The van der Waals surface area contributed by atoms with Crippen molar-refractivity contribution in [1.29, 1.82) is 0 Å². The molecule has 0 aromatic heterocycles. The molecular weight excluding hydrogens is 372 g/mol. The normalized spacial score (nSPS) is 15.8. The van der Waals surface area contributed by atoms with Gasteiger partial charge in [0.05, 0.1) is 4.90 Å². The van der Waals surface area contributed by atoms with Crippen molar-refractivity contribution < 1.29 is 13.2 Å². The number of nitrogens with zero attached hydrogens (tertiary/aromatic N) is 1. The van der Waals surface area contributed by atoms with Gasteiger partial charge in [-0.15, -0.1) is 0 Å². The molecule has 1 saturated heterocycles. The highest BCUT2D eigenvalue weighted by molar-refractivity contribution is 7.89. The van der Waals surface area contributed by atoms with E-state index in [0.717, 1.165) is 43.4 Å². The van der Waals surface area contributed by atoms with E-state index in [1.54, 1.807) is 23.4 Å². The lowest BCUT2D eigenvalue weighted by Crippen LogP contribution is -2.32. The summed E-state index contributed by atoms with van der Waals surface area (Å²) in [5.41, 5.74) is 2.81. The zero-order chi connectivity index (χ0) is 20.1. The molecule has 0 bridgehead atoms. The molecule has 1 aliphatic heterocycles. The molecule has 1 amide bonds. The summed E-state index contributed by atoms with van der Waals surface area (Å²) in [5.74, 6) is -0.298. The van der Waals surface area contributed by atoms with E-state index < -0.39 is 10.0 Å². The predicted molar refractivity (Wildman–Crippen MR) is 112 cm³/mol. The third kappa shape index (κ3) is 4.45. The fraction of sp³-hybridized carbons (Fsp3) is 0.409. The molecule has 150 valence electrons. The molecule has 2 aromatic carbocycles. The average Bonchev–Trinajstić information content (AvgIpc) is 2.98. The van der Waals surface area contributed by atoms with Crippen LogP contribution in [-0.4, -0.2) is 31.7 Å². The number of aryl methyl sites for hydroxylation is 2. The van der Waals surface area contributed by atoms with Crippen LogP contribution in [0.5, 0.6) is 0 Å². The molecule has 0 aliphatic carbocycles. The van der Waals surface area contributed by atoms with Crippen LogP contribution in [-0.2, 0) is 16.4 Å². The molecule has 3 rings (SSSR count). The monoisotopic (exact) mass is 400 g/mol. The number of rotatable bonds is 5. The van der Waals surface area contributed by atoms with Crippen LogP contribution in [0.2, 0.25) is 0 Å². The van der Waals surface area contributed by atoms with Crippen LogP contribution >= 0.6 is 0 Å². The Morgan fingerprint density at radius 2 is 1.71 bits per heavy atom. The second-order valence-corrected chi connectivity index (χ2v) is 9.17. The minimum absolute atomic E-state index is 0.228. The Bertz CT molecular complexity index is 946. The van der Waals surface area contributed by atoms with Gasteiger partial charge in [0, 0.05) is 24.3 Å². The molecule has 5 nitrogen and oxygen atoms in total. The number of sulfonamides is 1. The Morgan fingerprint density at radius 1 is 1.04 bits per heavy atom. The summed E-state index contributed by atoms with van der Waals surface area (Å²) in [6.45, 7) is 4.89. The van der Waals surface area contributed by atoms with Gasteiger partial charge in [0.15, 0.2) is 0 Å². The summed E-state index contributed by atoms with van der Waals surface area (Å²) >= 11 is 0. The van der Waals surface area contributed by atoms with Gasteiger partial charge in [0.25, 0.3) is 5.91 Å². The molecule has 6 heteroatoms. The zero-order valence-corrected chi connectivity index (χ0v) is 17.4. The molecule has 0 saturated carbocycles. The van der Waals surface area contributed by atoms with Gasteiger partial charge in [-0.1, -0.05) is 44.0 Å². The van der Waals surface area contributed by atoms with Gasteiger partial charge in [0.2, 0.25) is 10.0 Å². The third-order valence-electron chi connectivity index (χ3n) is 5.28. The molecular formula is C22H28N2O3S. The van der Waals surface area contributed by atoms with Crippen molar-refractivity contribution in [3.05, 3.63) is 59.2 Å². The lowest BCUT2D eigenvalue weighted by atomic mass is 10.1. The summed E-state index contributed by atoms with van der Waals surface area (Å²) in [6, 6.07) is 12.6. The van der Waals surface area contributed by atoms with E-state index in [1.165, 1.54) is 6.07 Å². The Hall–Kier alpha value is -2.18. The first kappa shape index (κ1) is 20.6. The fourth-order valence-corrected chi connectivity index (χ4v) is 5.35. The Balaban J connectivity index is 1.89. The molecule has 1 N–H and O–H groups in total. The van der Waals surface area contributed by atoms with Gasteiger partial charge in [-0.3, -0.25) is 4.79 Å². The van der Waals surface area contributed by atoms with E-state index in [9.17, 15) is 13.2 Å². The van der Waals surface area contributed by atoms with Crippen molar-refractivity contribution in [2.24, 2.45) is 0 Å². The number of carbonyl (C=O) groups is 1. The van der Waals surface area contributed by atoms with Crippen molar-refractivity contribution in [3.8, 4) is 0 Å². The van der Waals surface area contributed by atoms with E-state index in [4.69, 9.17) is 0 Å². The van der Waals surface area contributed by atoms with Crippen molar-refractivity contribution in [1.82, 2.24) is 4.31 Å². The molecule has 0 radical (unpaired) electrons. The predicted octanol–water partition coefficient (Wildman–Crippen LogP) is 4.37. The van der Waals surface area contributed by atoms with Crippen LogP contribution in [0.3, 0.4) is 0 Å². The number of hydrogen-bond acceptors (Lipinski definition) is 3. The highest BCUT2D eigenvalue weighted by Crippen LogP contribution is 2.25. The van der Waals surface area contributed by atoms with E-state index in [0.29, 0.717) is 24.2 Å². The van der Waals surface area contributed by atoms with Crippen LogP contribution in [0.4, 0.5) is 5.69 Å². The van der Waals surface area contributed by atoms with Gasteiger partial charge < -0.3 is 5.32 Å². The molecule has 1 heterocycles. The average molecular weight is 401 g/mol. The lowest BCUT2D eigenvalue weighted by molar-refractivity contribution is 0.102. The minimum Gasteiger partial charge on any atom is -0.322 e. The SMILES string of the molecule is CCc1ccccc1NC(=O)c1ccc(C)c(S(=O)(=O)N2CCCCCC2)c1. The third-order valence-corrected chi connectivity index (χ3v) is 7.32. The first-order valence-electron chi connectivity index (χ1n) is 9.93. The topological polar surface area (TPSA) is 66.5 Å². The fourth-order valence-electron chi connectivity index (χ4n) is 3.59. The first-order chi connectivity index (χ1) is 13.4. The standard InChI is InChI=1S/C22H28N2O3S/c1-3-18-10-6-7-11-20(18)23-22(25)19-13-12-17(2)21(16-19)28(26,27)24-14-8-4-5-9-15-24/h6-7,10-13,16H,3-5,8-9,14-15H2,1-2H3,(H,23,25). The van der Waals surface area contributed by atoms with Crippen LogP contribution in [0.1, 0.15) is 54.1 Å². The summed E-state index contributed by atoms with van der Waals surface area (Å²) in [5, 5.41) is 2.92. The van der Waals surface area contributed by atoms with E-state index in [-0.39, 0.29) is 10.8 Å². The van der Waals surface area contributed by atoms with Crippen molar-refractivity contribution in [2.75, 3.05) is 18.4 Å². The van der Waals surface area contributed by atoms with Gasteiger partial charge >= 0.3 is 0 Å².